The second-order valence-corrected chi connectivity index (χ2v) is 5.21. The van der Waals surface area contributed by atoms with Crippen molar-refractivity contribution in [1.29, 1.82) is 0 Å². The van der Waals surface area contributed by atoms with Crippen molar-refractivity contribution in [2.75, 3.05) is 33.5 Å². The summed E-state index contributed by atoms with van der Waals surface area (Å²) < 4.78 is 10.1. The van der Waals surface area contributed by atoms with Gasteiger partial charge in [-0.15, -0.1) is 0 Å². The Bertz CT molecular complexity index is 329. The SMILES string of the molecule is COCCC(C)NC(=O)NCC1(C(=O)O)CCOCC1. The number of rotatable bonds is 7. The summed E-state index contributed by atoms with van der Waals surface area (Å²) in [5, 5.41) is 14.8. The largest absolute Gasteiger partial charge is 0.481 e. The van der Waals surface area contributed by atoms with Gasteiger partial charge in [0, 0.05) is 39.5 Å². The van der Waals surface area contributed by atoms with E-state index in [0.29, 0.717) is 39.1 Å². The van der Waals surface area contributed by atoms with Crippen molar-refractivity contribution >= 4 is 12.0 Å². The highest BCUT2D eigenvalue weighted by atomic mass is 16.5. The van der Waals surface area contributed by atoms with E-state index in [9.17, 15) is 14.7 Å². The van der Waals surface area contributed by atoms with Gasteiger partial charge in [0.25, 0.3) is 0 Å². The van der Waals surface area contributed by atoms with Gasteiger partial charge in [0.1, 0.15) is 0 Å². The number of carbonyl (C=O) groups is 2. The molecule has 3 N–H and O–H groups in total. The van der Waals surface area contributed by atoms with Gasteiger partial charge in [-0.2, -0.15) is 0 Å². The number of ether oxygens (including phenoxy) is 2. The highest BCUT2D eigenvalue weighted by Gasteiger charge is 2.40. The predicted molar refractivity (Wildman–Crippen MR) is 72.6 cm³/mol. The van der Waals surface area contributed by atoms with Crippen LogP contribution in [-0.4, -0.2) is 56.6 Å². The average Bonchev–Trinajstić information content (AvgIpc) is 2.43. The average molecular weight is 288 g/mol. The summed E-state index contributed by atoms with van der Waals surface area (Å²) in [6.07, 6.45) is 1.55. The van der Waals surface area contributed by atoms with Gasteiger partial charge < -0.3 is 25.2 Å². The molecule has 1 heterocycles. The molecule has 1 rings (SSSR count). The van der Waals surface area contributed by atoms with Crippen molar-refractivity contribution in [2.24, 2.45) is 5.41 Å². The van der Waals surface area contributed by atoms with Crippen LogP contribution >= 0.6 is 0 Å². The van der Waals surface area contributed by atoms with Crippen LogP contribution in [0.25, 0.3) is 0 Å². The van der Waals surface area contributed by atoms with Crippen LogP contribution < -0.4 is 10.6 Å². The van der Waals surface area contributed by atoms with Gasteiger partial charge in [-0.25, -0.2) is 4.79 Å². The van der Waals surface area contributed by atoms with Crippen molar-refractivity contribution in [3.63, 3.8) is 0 Å². The lowest BCUT2D eigenvalue weighted by Crippen LogP contribution is -2.50. The summed E-state index contributed by atoms with van der Waals surface area (Å²) in [5.41, 5.74) is -0.911. The molecule has 20 heavy (non-hydrogen) atoms. The van der Waals surface area contributed by atoms with Gasteiger partial charge in [-0.3, -0.25) is 4.79 Å². The van der Waals surface area contributed by atoms with E-state index in [4.69, 9.17) is 9.47 Å². The fourth-order valence-corrected chi connectivity index (χ4v) is 2.12. The maximum Gasteiger partial charge on any atom is 0.315 e. The maximum absolute atomic E-state index is 11.7. The van der Waals surface area contributed by atoms with Gasteiger partial charge in [0.2, 0.25) is 0 Å². The first-order valence-electron chi connectivity index (χ1n) is 6.84. The molecule has 0 aromatic carbocycles. The van der Waals surface area contributed by atoms with E-state index in [-0.39, 0.29) is 18.6 Å². The highest BCUT2D eigenvalue weighted by Crippen LogP contribution is 2.29. The van der Waals surface area contributed by atoms with Gasteiger partial charge >= 0.3 is 12.0 Å². The Hall–Kier alpha value is -1.34. The number of nitrogens with one attached hydrogen (secondary N) is 2. The van der Waals surface area contributed by atoms with Crippen molar-refractivity contribution in [2.45, 2.75) is 32.2 Å². The number of hydrogen-bond donors (Lipinski definition) is 3. The molecule has 1 unspecified atom stereocenters. The lowest BCUT2D eigenvalue weighted by atomic mass is 9.80. The second kappa shape index (κ2) is 8.06. The molecule has 7 nitrogen and oxygen atoms in total. The molecular formula is C13H24N2O5. The number of carboxylic acids is 1. The molecule has 0 radical (unpaired) electrons. The summed E-state index contributed by atoms with van der Waals surface area (Å²) in [6.45, 7) is 3.39. The van der Waals surface area contributed by atoms with Gasteiger partial charge in [-0.1, -0.05) is 0 Å². The summed E-state index contributed by atoms with van der Waals surface area (Å²) in [5.74, 6) is -0.881. The van der Waals surface area contributed by atoms with E-state index in [2.05, 4.69) is 10.6 Å². The summed E-state index contributed by atoms with van der Waals surface area (Å²) in [7, 11) is 1.61. The smallest absolute Gasteiger partial charge is 0.315 e. The van der Waals surface area contributed by atoms with Crippen molar-refractivity contribution < 1.29 is 24.2 Å². The van der Waals surface area contributed by atoms with Crippen LogP contribution in [0.2, 0.25) is 0 Å². The third kappa shape index (κ3) is 4.97. The molecule has 2 amide bonds. The summed E-state index contributed by atoms with van der Waals surface area (Å²) in [4.78, 5) is 23.1. The van der Waals surface area contributed by atoms with Crippen LogP contribution in [0.1, 0.15) is 26.2 Å². The topological polar surface area (TPSA) is 96.9 Å². The monoisotopic (exact) mass is 288 g/mol. The molecule has 116 valence electrons. The number of carboxylic acid groups (broad SMARTS) is 1. The molecule has 1 aliphatic rings. The molecule has 0 saturated carbocycles. The third-order valence-electron chi connectivity index (χ3n) is 3.62. The minimum absolute atomic E-state index is 0.0228. The molecule has 7 heteroatoms. The number of amides is 2. The predicted octanol–water partition coefficient (Wildman–Crippen LogP) is 0.592. The van der Waals surface area contributed by atoms with E-state index >= 15 is 0 Å². The first kappa shape index (κ1) is 16.7. The molecule has 0 aromatic heterocycles. The van der Waals surface area contributed by atoms with E-state index in [0.717, 1.165) is 0 Å². The zero-order chi connectivity index (χ0) is 15.0. The van der Waals surface area contributed by atoms with Crippen LogP contribution in [0, 0.1) is 5.41 Å². The van der Waals surface area contributed by atoms with E-state index in [1.165, 1.54) is 0 Å². The Balaban J connectivity index is 2.39. The molecular weight excluding hydrogens is 264 g/mol. The number of hydrogen-bond acceptors (Lipinski definition) is 4. The van der Waals surface area contributed by atoms with E-state index < -0.39 is 11.4 Å². The van der Waals surface area contributed by atoms with Gasteiger partial charge in [0.05, 0.1) is 5.41 Å². The standard InChI is InChI=1S/C13H24N2O5/c1-10(3-6-19-2)15-12(18)14-9-13(11(16)17)4-7-20-8-5-13/h10H,3-9H2,1-2H3,(H,16,17)(H2,14,15,18). The summed E-state index contributed by atoms with van der Waals surface area (Å²) >= 11 is 0. The van der Waals surface area contributed by atoms with Crippen LogP contribution in [0.5, 0.6) is 0 Å². The fraction of sp³-hybridized carbons (Fsp3) is 0.846. The number of carbonyl (C=O) groups excluding carboxylic acids is 1. The molecule has 1 saturated heterocycles. The zero-order valence-electron chi connectivity index (χ0n) is 12.1. The number of methoxy groups -OCH3 is 1. The third-order valence-corrected chi connectivity index (χ3v) is 3.62. The zero-order valence-corrected chi connectivity index (χ0v) is 12.1. The first-order chi connectivity index (χ1) is 9.50. The van der Waals surface area contributed by atoms with Crippen LogP contribution in [0.4, 0.5) is 4.79 Å². The first-order valence-corrected chi connectivity index (χ1v) is 6.84. The molecule has 0 aliphatic carbocycles. The normalized spacial score (nSPS) is 19.1. The van der Waals surface area contributed by atoms with Crippen molar-refractivity contribution in [1.82, 2.24) is 10.6 Å². The minimum Gasteiger partial charge on any atom is -0.481 e. The Morgan fingerprint density at radius 1 is 1.40 bits per heavy atom. The Morgan fingerprint density at radius 2 is 2.05 bits per heavy atom. The quantitative estimate of drug-likeness (QED) is 0.637. The minimum atomic E-state index is -0.911. The van der Waals surface area contributed by atoms with Crippen molar-refractivity contribution in [3.8, 4) is 0 Å². The Morgan fingerprint density at radius 3 is 2.60 bits per heavy atom. The molecule has 1 fully saturated rings. The van der Waals surface area contributed by atoms with Gasteiger partial charge in [0.15, 0.2) is 0 Å². The molecule has 0 bridgehead atoms. The lowest BCUT2D eigenvalue weighted by molar-refractivity contribution is -0.154. The van der Waals surface area contributed by atoms with Crippen LogP contribution in [0.3, 0.4) is 0 Å². The van der Waals surface area contributed by atoms with E-state index in [1.807, 2.05) is 6.92 Å². The Kier molecular flexibility index (Phi) is 6.74. The van der Waals surface area contributed by atoms with Gasteiger partial charge in [-0.05, 0) is 26.2 Å². The second-order valence-electron chi connectivity index (χ2n) is 5.21. The van der Waals surface area contributed by atoms with Crippen LogP contribution in [-0.2, 0) is 14.3 Å². The lowest BCUT2D eigenvalue weighted by Gasteiger charge is -2.33. The number of aliphatic carboxylic acids is 1. The van der Waals surface area contributed by atoms with Crippen LogP contribution in [0.15, 0.2) is 0 Å². The highest BCUT2D eigenvalue weighted by molar-refractivity contribution is 5.78. The van der Waals surface area contributed by atoms with E-state index in [1.54, 1.807) is 7.11 Å². The molecule has 0 spiro atoms. The van der Waals surface area contributed by atoms with Crippen molar-refractivity contribution in [3.05, 3.63) is 0 Å². The summed E-state index contributed by atoms with van der Waals surface area (Å²) in [6, 6.07) is -0.369. The molecule has 1 aliphatic heterocycles. The fourth-order valence-electron chi connectivity index (χ4n) is 2.12. The number of urea groups is 1. The molecule has 1 atom stereocenters. The maximum atomic E-state index is 11.7. The Labute approximate surface area is 119 Å². The molecule has 0 aromatic rings.